The highest BCUT2D eigenvalue weighted by Crippen LogP contribution is 2.36. The van der Waals surface area contributed by atoms with E-state index >= 15 is 0 Å². The second-order valence-electron chi connectivity index (χ2n) is 6.73. The lowest BCUT2D eigenvalue weighted by Gasteiger charge is -2.19. The number of benzene rings is 1. The average Bonchev–Trinajstić information content (AvgIpc) is 3.41. The van der Waals surface area contributed by atoms with Crippen molar-refractivity contribution in [3.63, 3.8) is 0 Å². The molecule has 6 nitrogen and oxygen atoms in total. The van der Waals surface area contributed by atoms with Crippen LogP contribution in [0.5, 0.6) is 5.75 Å². The lowest BCUT2D eigenvalue weighted by molar-refractivity contribution is 0.467. The average molecular weight is 404 g/mol. The molecule has 1 aliphatic rings. The van der Waals surface area contributed by atoms with Crippen LogP contribution >= 0.6 is 11.3 Å². The molecule has 4 rings (SSSR count). The Balaban J connectivity index is 1.79. The summed E-state index contributed by atoms with van der Waals surface area (Å²) in [5.74, 6) is 0.0953. The van der Waals surface area contributed by atoms with Gasteiger partial charge in [-0.3, -0.25) is 8.99 Å². The molecule has 1 N–H and O–H groups in total. The van der Waals surface area contributed by atoms with Gasteiger partial charge in [-0.2, -0.15) is 5.10 Å². The zero-order chi connectivity index (χ0) is 19.0. The van der Waals surface area contributed by atoms with Crippen molar-refractivity contribution in [2.24, 2.45) is 0 Å². The molecule has 0 bridgehead atoms. The topological polar surface area (TPSA) is 75.4 Å². The molecule has 0 amide bonds. The lowest BCUT2D eigenvalue weighted by Crippen LogP contribution is -2.26. The number of hydrogen-bond acceptors (Lipinski definition) is 5. The van der Waals surface area contributed by atoms with Crippen molar-refractivity contribution >= 4 is 27.0 Å². The first-order chi connectivity index (χ1) is 13.0. The summed E-state index contributed by atoms with van der Waals surface area (Å²) in [7, 11) is -2.27. The monoisotopic (exact) mass is 403 g/mol. The van der Waals surface area contributed by atoms with Crippen LogP contribution in [0, 0.1) is 0 Å². The predicted octanol–water partition coefficient (Wildman–Crippen LogP) is 4.26. The van der Waals surface area contributed by atoms with Gasteiger partial charge in [0, 0.05) is 13.2 Å². The van der Waals surface area contributed by atoms with Gasteiger partial charge in [0.15, 0.2) is 0 Å². The van der Waals surface area contributed by atoms with Crippen LogP contribution in [0.4, 0.5) is 5.69 Å². The second-order valence-corrected chi connectivity index (χ2v) is 9.61. The maximum absolute atomic E-state index is 13.4. The summed E-state index contributed by atoms with van der Waals surface area (Å²) in [5, 5.41) is 16.1. The van der Waals surface area contributed by atoms with Gasteiger partial charge in [0.05, 0.1) is 16.6 Å². The SMILES string of the molecule is CN(c1ccc(O)cc1)S(=O)(=O)c1cn(C2CCCC2)nc1-c1cccs1. The van der Waals surface area contributed by atoms with Crippen LogP contribution < -0.4 is 4.31 Å². The molecule has 0 spiro atoms. The number of rotatable bonds is 5. The van der Waals surface area contributed by atoms with Crippen molar-refractivity contribution < 1.29 is 13.5 Å². The molecule has 0 aliphatic heterocycles. The minimum atomic E-state index is -3.80. The highest BCUT2D eigenvalue weighted by Gasteiger charge is 2.30. The van der Waals surface area contributed by atoms with Gasteiger partial charge in [0.2, 0.25) is 0 Å². The number of hydrogen-bond donors (Lipinski definition) is 1. The first kappa shape index (κ1) is 18.1. The molecule has 27 heavy (non-hydrogen) atoms. The van der Waals surface area contributed by atoms with E-state index < -0.39 is 10.0 Å². The lowest BCUT2D eigenvalue weighted by atomic mass is 10.3. The van der Waals surface area contributed by atoms with Crippen molar-refractivity contribution in [1.29, 1.82) is 0 Å². The normalized spacial score (nSPS) is 15.3. The van der Waals surface area contributed by atoms with Crippen LogP contribution in [0.3, 0.4) is 0 Å². The number of phenolic OH excluding ortho intramolecular Hbond substituents is 1. The number of thiophene rings is 1. The summed E-state index contributed by atoms with van der Waals surface area (Å²) < 4.78 is 29.8. The molecule has 2 aromatic heterocycles. The zero-order valence-electron chi connectivity index (χ0n) is 14.9. The highest BCUT2D eigenvalue weighted by molar-refractivity contribution is 7.93. The number of aromatic hydroxyl groups is 1. The van der Waals surface area contributed by atoms with E-state index in [2.05, 4.69) is 5.10 Å². The first-order valence-corrected chi connectivity index (χ1v) is 11.2. The standard InChI is InChI=1S/C19H21N3O3S2/c1-21(14-8-10-16(23)11-9-14)27(24,25)18-13-22(15-5-2-3-6-15)20-19(18)17-7-4-12-26-17/h4,7-13,15,23H,2-3,5-6H2,1H3. The maximum atomic E-state index is 13.4. The molecule has 0 unspecified atom stereocenters. The van der Waals surface area contributed by atoms with Gasteiger partial charge in [-0.1, -0.05) is 18.9 Å². The van der Waals surface area contributed by atoms with E-state index in [0.29, 0.717) is 11.4 Å². The van der Waals surface area contributed by atoms with Gasteiger partial charge in [-0.05, 0) is 48.6 Å². The highest BCUT2D eigenvalue weighted by atomic mass is 32.2. The van der Waals surface area contributed by atoms with Crippen LogP contribution in [0.25, 0.3) is 10.6 Å². The Bertz CT molecular complexity index is 1020. The van der Waals surface area contributed by atoms with E-state index in [1.165, 1.54) is 34.8 Å². The number of anilines is 1. The quantitative estimate of drug-likeness (QED) is 0.691. The fraction of sp³-hybridized carbons (Fsp3) is 0.316. The van der Waals surface area contributed by atoms with E-state index in [1.807, 2.05) is 22.2 Å². The molecule has 1 saturated carbocycles. The number of sulfonamides is 1. The van der Waals surface area contributed by atoms with Crippen LogP contribution in [0.15, 0.2) is 52.9 Å². The van der Waals surface area contributed by atoms with Crippen molar-refractivity contribution in [3.8, 4) is 16.3 Å². The van der Waals surface area contributed by atoms with Crippen molar-refractivity contribution in [2.45, 2.75) is 36.6 Å². The van der Waals surface area contributed by atoms with Gasteiger partial charge in [-0.25, -0.2) is 8.42 Å². The summed E-state index contributed by atoms with van der Waals surface area (Å²) >= 11 is 1.48. The third-order valence-electron chi connectivity index (χ3n) is 5.00. The van der Waals surface area contributed by atoms with Gasteiger partial charge in [0.1, 0.15) is 16.3 Å². The Morgan fingerprint density at radius 2 is 1.89 bits per heavy atom. The van der Waals surface area contributed by atoms with Crippen LogP contribution in [0.1, 0.15) is 31.7 Å². The molecule has 1 aliphatic carbocycles. The Morgan fingerprint density at radius 3 is 2.52 bits per heavy atom. The summed E-state index contributed by atoms with van der Waals surface area (Å²) in [6, 6.07) is 10.2. The molecule has 0 atom stereocenters. The van der Waals surface area contributed by atoms with Crippen LogP contribution in [-0.4, -0.2) is 30.4 Å². The van der Waals surface area contributed by atoms with Crippen molar-refractivity contribution in [2.75, 3.05) is 11.4 Å². The summed E-state index contributed by atoms with van der Waals surface area (Å²) in [6.45, 7) is 0. The molecular weight excluding hydrogens is 382 g/mol. The minimum Gasteiger partial charge on any atom is -0.508 e. The third kappa shape index (κ3) is 3.35. The summed E-state index contributed by atoms with van der Waals surface area (Å²) in [5.41, 5.74) is 0.987. The Labute approximate surface area is 162 Å². The third-order valence-corrected chi connectivity index (χ3v) is 7.67. The fourth-order valence-corrected chi connectivity index (χ4v) is 5.57. The molecule has 0 saturated heterocycles. The fourth-order valence-electron chi connectivity index (χ4n) is 3.45. The number of aromatic nitrogens is 2. The van der Waals surface area contributed by atoms with E-state index in [9.17, 15) is 13.5 Å². The van der Waals surface area contributed by atoms with E-state index in [0.717, 1.165) is 30.6 Å². The van der Waals surface area contributed by atoms with Gasteiger partial charge >= 0.3 is 0 Å². The van der Waals surface area contributed by atoms with Crippen molar-refractivity contribution in [1.82, 2.24) is 9.78 Å². The largest absolute Gasteiger partial charge is 0.508 e. The molecule has 142 valence electrons. The molecule has 8 heteroatoms. The minimum absolute atomic E-state index is 0.0953. The number of nitrogens with zero attached hydrogens (tertiary/aromatic N) is 3. The molecule has 2 heterocycles. The zero-order valence-corrected chi connectivity index (χ0v) is 16.6. The van der Waals surface area contributed by atoms with Gasteiger partial charge in [-0.15, -0.1) is 11.3 Å². The van der Waals surface area contributed by atoms with E-state index in [-0.39, 0.29) is 16.7 Å². The summed E-state index contributed by atoms with van der Waals surface area (Å²) in [6.07, 6.45) is 6.03. The predicted molar refractivity (Wildman–Crippen MR) is 107 cm³/mol. The smallest absolute Gasteiger partial charge is 0.267 e. The van der Waals surface area contributed by atoms with Crippen LogP contribution in [0.2, 0.25) is 0 Å². The van der Waals surface area contributed by atoms with Crippen molar-refractivity contribution in [3.05, 3.63) is 48.0 Å². The Hall–Kier alpha value is -2.32. The summed E-state index contributed by atoms with van der Waals surface area (Å²) in [4.78, 5) is 1.05. The molecule has 0 radical (unpaired) electrons. The number of phenols is 1. The van der Waals surface area contributed by atoms with Gasteiger partial charge in [0.25, 0.3) is 10.0 Å². The first-order valence-electron chi connectivity index (χ1n) is 8.88. The Kier molecular flexibility index (Phi) is 4.69. The van der Waals surface area contributed by atoms with Crippen LogP contribution in [-0.2, 0) is 10.0 Å². The van der Waals surface area contributed by atoms with E-state index in [1.54, 1.807) is 18.3 Å². The molecule has 1 aromatic carbocycles. The maximum Gasteiger partial charge on any atom is 0.267 e. The molecular formula is C19H21N3O3S2. The van der Waals surface area contributed by atoms with E-state index in [4.69, 9.17) is 0 Å². The molecule has 1 fully saturated rings. The van der Waals surface area contributed by atoms with Gasteiger partial charge < -0.3 is 5.11 Å². The molecule has 3 aromatic rings. The Morgan fingerprint density at radius 1 is 1.19 bits per heavy atom. The second kappa shape index (κ2) is 7.01.